The van der Waals surface area contributed by atoms with Crippen LogP contribution in [0.4, 0.5) is 10.2 Å². The van der Waals surface area contributed by atoms with Gasteiger partial charge in [-0.05, 0) is 18.2 Å². The molecule has 1 N–H and O–H groups in total. The fourth-order valence-corrected chi connectivity index (χ4v) is 1.71. The molecule has 19 heavy (non-hydrogen) atoms. The first-order valence-electron chi connectivity index (χ1n) is 4.91. The highest BCUT2D eigenvalue weighted by Crippen LogP contribution is 2.26. The fraction of sp³-hybridized carbons (Fsp3) is 0. The standard InChI is InChI=1S/C11H5Cl3FN3O/c12-6-3-5(1-2-7(6)15)11(19)18-10-8(13)9(14)16-4-17-10/h1-4H,(H,16,17,18,19). The average Bonchev–Trinajstić information content (AvgIpc) is 2.38. The number of hydrogen-bond acceptors (Lipinski definition) is 3. The second-order valence-electron chi connectivity index (χ2n) is 3.41. The topological polar surface area (TPSA) is 54.9 Å². The second-order valence-corrected chi connectivity index (χ2v) is 4.55. The van der Waals surface area contributed by atoms with Crippen LogP contribution in [0, 0.1) is 5.82 Å². The summed E-state index contributed by atoms with van der Waals surface area (Å²) in [6.45, 7) is 0. The molecule has 0 unspecified atom stereocenters. The predicted molar refractivity (Wildman–Crippen MR) is 71.4 cm³/mol. The molecule has 0 saturated carbocycles. The third-order valence-corrected chi connectivity index (χ3v) is 3.19. The number of carbonyl (C=O) groups excluding carboxylic acids is 1. The number of hydrogen-bond donors (Lipinski definition) is 1. The number of amides is 1. The number of halogens is 4. The van der Waals surface area contributed by atoms with Crippen molar-refractivity contribution in [1.29, 1.82) is 0 Å². The van der Waals surface area contributed by atoms with E-state index in [1.807, 2.05) is 0 Å². The summed E-state index contributed by atoms with van der Waals surface area (Å²) in [5.74, 6) is -1.09. The van der Waals surface area contributed by atoms with Crippen molar-refractivity contribution in [2.24, 2.45) is 0 Å². The molecule has 0 spiro atoms. The third-order valence-electron chi connectivity index (χ3n) is 2.16. The summed E-state index contributed by atoms with van der Waals surface area (Å²) in [6, 6.07) is 3.57. The van der Waals surface area contributed by atoms with Crippen LogP contribution in [0.2, 0.25) is 15.2 Å². The van der Waals surface area contributed by atoms with Crippen molar-refractivity contribution in [2.75, 3.05) is 5.32 Å². The van der Waals surface area contributed by atoms with E-state index in [2.05, 4.69) is 15.3 Å². The van der Waals surface area contributed by atoms with Crippen LogP contribution in [0.25, 0.3) is 0 Å². The molecule has 2 aromatic rings. The maximum Gasteiger partial charge on any atom is 0.256 e. The van der Waals surface area contributed by atoms with Crippen LogP contribution in [0.15, 0.2) is 24.5 Å². The number of rotatable bonds is 2. The molecule has 8 heteroatoms. The van der Waals surface area contributed by atoms with Crippen molar-refractivity contribution in [1.82, 2.24) is 9.97 Å². The summed E-state index contributed by atoms with van der Waals surface area (Å²) in [5, 5.41) is 2.31. The molecule has 2 rings (SSSR count). The minimum Gasteiger partial charge on any atom is -0.305 e. The van der Waals surface area contributed by atoms with Gasteiger partial charge in [0.25, 0.3) is 5.91 Å². The van der Waals surface area contributed by atoms with E-state index < -0.39 is 11.7 Å². The lowest BCUT2D eigenvalue weighted by molar-refractivity contribution is 0.102. The maximum absolute atomic E-state index is 13.0. The van der Waals surface area contributed by atoms with Gasteiger partial charge in [0.2, 0.25) is 0 Å². The van der Waals surface area contributed by atoms with Crippen molar-refractivity contribution in [2.45, 2.75) is 0 Å². The summed E-state index contributed by atoms with van der Waals surface area (Å²) in [5.41, 5.74) is 0.164. The maximum atomic E-state index is 13.0. The van der Waals surface area contributed by atoms with E-state index >= 15 is 0 Å². The summed E-state index contributed by atoms with van der Waals surface area (Å²) in [7, 11) is 0. The van der Waals surface area contributed by atoms with Crippen molar-refractivity contribution < 1.29 is 9.18 Å². The largest absolute Gasteiger partial charge is 0.305 e. The smallest absolute Gasteiger partial charge is 0.256 e. The molecule has 0 aliphatic carbocycles. The van der Waals surface area contributed by atoms with Crippen LogP contribution in [-0.2, 0) is 0 Å². The molecule has 1 amide bonds. The Bertz CT molecular complexity index is 651. The fourth-order valence-electron chi connectivity index (χ4n) is 1.25. The van der Waals surface area contributed by atoms with E-state index in [0.29, 0.717) is 0 Å². The van der Waals surface area contributed by atoms with E-state index in [4.69, 9.17) is 34.8 Å². The highest BCUT2D eigenvalue weighted by molar-refractivity contribution is 6.43. The van der Waals surface area contributed by atoms with Crippen molar-refractivity contribution in [3.8, 4) is 0 Å². The molecule has 1 heterocycles. The first kappa shape index (κ1) is 14.0. The van der Waals surface area contributed by atoms with E-state index in [1.54, 1.807) is 0 Å². The second kappa shape index (κ2) is 5.69. The minimum atomic E-state index is -0.610. The monoisotopic (exact) mass is 319 g/mol. The molecular formula is C11H5Cl3FN3O. The van der Waals surface area contributed by atoms with Crippen LogP contribution in [0.5, 0.6) is 0 Å². The van der Waals surface area contributed by atoms with Crippen molar-refractivity contribution in [3.05, 3.63) is 51.1 Å². The molecule has 98 valence electrons. The SMILES string of the molecule is O=C(Nc1ncnc(Cl)c1Cl)c1ccc(F)c(Cl)c1. The number of anilines is 1. The summed E-state index contributed by atoms with van der Waals surface area (Å²) < 4.78 is 13.0. The van der Waals surface area contributed by atoms with Gasteiger partial charge in [0.1, 0.15) is 17.2 Å². The molecule has 0 saturated heterocycles. The first-order chi connectivity index (χ1) is 8.99. The lowest BCUT2D eigenvalue weighted by Crippen LogP contribution is -2.13. The van der Waals surface area contributed by atoms with E-state index in [-0.39, 0.29) is 26.6 Å². The van der Waals surface area contributed by atoms with Gasteiger partial charge in [-0.15, -0.1) is 0 Å². The Kier molecular flexibility index (Phi) is 4.19. The molecule has 0 aliphatic rings. The normalized spacial score (nSPS) is 10.3. The Labute approximate surface area is 122 Å². The lowest BCUT2D eigenvalue weighted by Gasteiger charge is -2.06. The lowest BCUT2D eigenvalue weighted by atomic mass is 10.2. The molecule has 0 bridgehead atoms. The molecule has 0 radical (unpaired) electrons. The van der Waals surface area contributed by atoms with Crippen LogP contribution < -0.4 is 5.32 Å². The Morgan fingerprint density at radius 2 is 1.95 bits per heavy atom. The van der Waals surface area contributed by atoms with Gasteiger partial charge >= 0.3 is 0 Å². The third kappa shape index (κ3) is 3.12. The van der Waals surface area contributed by atoms with Crippen LogP contribution in [-0.4, -0.2) is 15.9 Å². The highest BCUT2D eigenvalue weighted by Gasteiger charge is 2.13. The molecule has 0 fully saturated rings. The summed E-state index contributed by atoms with van der Waals surface area (Å²) in [6.07, 6.45) is 1.15. The molecule has 0 aliphatic heterocycles. The number of benzene rings is 1. The van der Waals surface area contributed by atoms with Crippen LogP contribution in [0.3, 0.4) is 0 Å². The Morgan fingerprint density at radius 1 is 1.21 bits per heavy atom. The van der Waals surface area contributed by atoms with Gasteiger partial charge in [0.15, 0.2) is 11.0 Å². The van der Waals surface area contributed by atoms with E-state index in [9.17, 15) is 9.18 Å². The minimum absolute atomic E-state index is 0.0177. The quantitative estimate of drug-likeness (QED) is 0.856. The van der Waals surface area contributed by atoms with E-state index in [1.165, 1.54) is 12.1 Å². The predicted octanol–water partition coefficient (Wildman–Crippen LogP) is 3.83. The molecule has 0 atom stereocenters. The van der Waals surface area contributed by atoms with Gasteiger partial charge < -0.3 is 5.32 Å². The van der Waals surface area contributed by atoms with Gasteiger partial charge in [0, 0.05) is 5.56 Å². The van der Waals surface area contributed by atoms with Gasteiger partial charge in [-0.25, -0.2) is 14.4 Å². The van der Waals surface area contributed by atoms with Gasteiger partial charge in [0.05, 0.1) is 5.02 Å². The van der Waals surface area contributed by atoms with Crippen molar-refractivity contribution in [3.63, 3.8) is 0 Å². The summed E-state index contributed by atoms with van der Waals surface area (Å²) >= 11 is 17.1. The van der Waals surface area contributed by atoms with Gasteiger partial charge in [-0.2, -0.15) is 0 Å². The molecule has 1 aromatic carbocycles. The number of nitrogens with zero attached hydrogens (tertiary/aromatic N) is 2. The van der Waals surface area contributed by atoms with Crippen LogP contribution >= 0.6 is 34.8 Å². The van der Waals surface area contributed by atoms with Crippen molar-refractivity contribution >= 4 is 46.5 Å². The number of nitrogens with one attached hydrogen (secondary N) is 1. The zero-order valence-corrected chi connectivity index (χ0v) is 11.4. The zero-order valence-electron chi connectivity index (χ0n) is 9.12. The Hall–Kier alpha value is -1.43. The van der Waals surface area contributed by atoms with Gasteiger partial charge in [-0.1, -0.05) is 34.8 Å². The molecular weight excluding hydrogens is 315 g/mol. The number of carbonyl (C=O) groups is 1. The average molecular weight is 321 g/mol. The van der Waals surface area contributed by atoms with Gasteiger partial charge in [-0.3, -0.25) is 4.79 Å². The van der Waals surface area contributed by atoms with Crippen LogP contribution in [0.1, 0.15) is 10.4 Å². The Morgan fingerprint density at radius 3 is 2.63 bits per heavy atom. The highest BCUT2D eigenvalue weighted by atomic mass is 35.5. The van der Waals surface area contributed by atoms with E-state index in [0.717, 1.165) is 12.4 Å². The first-order valence-corrected chi connectivity index (χ1v) is 6.05. The number of aromatic nitrogens is 2. The molecule has 1 aromatic heterocycles. The molecule has 4 nitrogen and oxygen atoms in total. The summed E-state index contributed by atoms with van der Waals surface area (Å²) in [4.78, 5) is 19.3. The Balaban J connectivity index is 2.26. The zero-order chi connectivity index (χ0) is 14.0.